The van der Waals surface area contributed by atoms with Crippen LogP contribution in [0, 0.1) is 0 Å². The number of urea groups is 1. The lowest BCUT2D eigenvalue weighted by molar-refractivity contribution is -0.122. The van der Waals surface area contributed by atoms with Crippen LogP contribution in [0.15, 0.2) is 60.2 Å². The number of nitrogens with one attached hydrogen (secondary N) is 1. The van der Waals surface area contributed by atoms with Crippen LogP contribution in [0.2, 0.25) is 0 Å². The van der Waals surface area contributed by atoms with E-state index in [4.69, 9.17) is 0 Å². The van der Waals surface area contributed by atoms with Gasteiger partial charge in [-0.05, 0) is 49.8 Å². The summed E-state index contributed by atoms with van der Waals surface area (Å²) in [6, 6.07) is 15.4. The summed E-state index contributed by atoms with van der Waals surface area (Å²) in [6.07, 6.45) is 1.51. The SMILES string of the molecule is CCN(CC)c1ccc(/C=C2\C(=O)NC(=O)N(c3ccccc3)C2=O)cc1. The molecule has 0 unspecified atom stereocenters. The highest BCUT2D eigenvalue weighted by atomic mass is 16.2. The van der Waals surface area contributed by atoms with Crippen LogP contribution in [0.1, 0.15) is 19.4 Å². The van der Waals surface area contributed by atoms with E-state index >= 15 is 0 Å². The molecule has 1 saturated heterocycles. The maximum Gasteiger partial charge on any atom is 0.335 e. The molecule has 1 N–H and O–H groups in total. The molecule has 1 fully saturated rings. The highest BCUT2D eigenvalue weighted by Gasteiger charge is 2.36. The van der Waals surface area contributed by atoms with Crippen LogP contribution in [-0.4, -0.2) is 30.9 Å². The van der Waals surface area contributed by atoms with Crippen molar-refractivity contribution in [3.8, 4) is 0 Å². The topological polar surface area (TPSA) is 69.7 Å². The Morgan fingerprint density at radius 1 is 0.926 bits per heavy atom. The molecule has 0 radical (unpaired) electrons. The number of para-hydroxylation sites is 1. The zero-order valence-corrected chi connectivity index (χ0v) is 15.3. The molecule has 1 heterocycles. The Kier molecular flexibility index (Phi) is 5.35. The number of anilines is 2. The van der Waals surface area contributed by atoms with Crippen LogP contribution in [0.25, 0.3) is 6.08 Å². The molecule has 0 bridgehead atoms. The minimum absolute atomic E-state index is 0.0750. The second-order valence-corrected chi connectivity index (χ2v) is 6.06. The number of benzene rings is 2. The average Bonchev–Trinajstić information content (AvgIpc) is 2.68. The van der Waals surface area contributed by atoms with Gasteiger partial charge in [0.25, 0.3) is 11.8 Å². The number of rotatable bonds is 5. The molecule has 0 saturated carbocycles. The Hall–Kier alpha value is -3.41. The molecule has 0 spiro atoms. The van der Waals surface area contributed by atoms with Crippen LogP contribution >= 0.6 is 0 Å². The number of imide groups is 2. The van der Waals surface area contributed by atoms with Gasteiger partial charge in [0.2, 0.25) is 0 Å². The summed E-state index contributed by atoms with van der Waals surface area (Å²) in [5.74, 6) is -1.33. The van der Waals surface area contributed by atoms with Crippen LogP contribution < -0.4 is 15.1 Å². The molecule has 1 aliphatic heterocycles. The van der Waals surface area contributed by atoms with Crippen molar-refractivity contribution in [3.63, 3.8) is 0 Å². The monoisotopic (exact) mass is 363 g/mol. The number of hydrogen-bond acceptors (Lipinski definition) is 4. The zero-order chi connectivity index (χ0) is 19.4. The van der Waals surface area contributed by atoms with Crippen LogP contribution in [0.4, 0.5) is 16.2 Å². The van der Waals surface area contributed by atoms with Crippen molar-refractivity contribution >= 4 is 35.3 Å². The lowest BCUT2D eigenvalue weighted by Gasteiger charge is -2.26. The fraction of sp³-hybridized carbons (Fsp3) is 0.190. The zero-order valence-electron chi connectivity index (χ0n) is 15.3. The van der Waals surface area contributed by atoms with Crippen molar-refractivity contribution < 1.29 is 14.4 Å². The van der Waals surface area contributed by atoms with Gasteiger partial charge < -0.3 is 4.90 Å². The quantitative estimate of drug-likeness (QED) is 0.654. The van der Waals surface area contributed by atoms with Crippen molar-refractivity contribution in [2.24, 2.45) is 0 Å². The normalized spacial score (nSPS) is 15.9. The summed E-state index contributed by atoms with van der Waals surface area (Å²) >= 11 is 0. The molecule has 1 aliphatic rings. The van der Waals surface area contributed by atoms with Crippen LogP contribution in [0.3, 0.4) is 0 Å². The third-order valence-corrected chi connectivity index (χ3v) is 4.45. The molecular formula is C21H21N3O3. The van der Waals surface area contributed by atoms with Crippen molar-refractivity contribution in [2.75, 3.05) is 22.9 Å². The summed E-state index contributed by atoms with van der Waals surface area (Å²) in [4.78, 5) is 40.3. The van der Waals surface area contributed by atoms with E-state index in [0.717, 1.165) is 23.7 Å². The maximum atomic E-state index is 12.8. The fourth-order valence-corrected chi connectivity index (χ4v) is 3.01. The molecule has 0 aromatic heterocycles. The minimum Gasteiger partial charge on any atom is -0.372 e. The van der Waals surface area contributed by atoms with Crippen molar-refractivity contribution in [1.82, 2.24) is 5.32 Å². The molecule has 2 aromatic carbocycles. The van der Waals surface area contributed by atoms with Crippen molar-refractivity contribution in [2.45, 2.75) is 13.8 Å². The van der Waals surface area contributed by atoms with Crippen LogP contribution in [0.5, 0.6) is 0 Å². The van der Waals surface area contributed by atoms with E-state index in [2.05, 4.69) is 24.1 Å². The first-order valence-electron chi connectivity index (χ1n) is 8.86. The first-order chi connectivity index (χ1) is 13.0. The predicted octanol–water partition coefficient (Wildman–Crippen LogP) is 3.20. The number of nitrogens with zero attached hydrogens (tertiary/aromatic N) is 2. The van der Waals surface area contributed by atoms with Gasteiger partial charge >= 0.3 is 6.03 Å². The maximum absolute atomic E-state index is 12.8. The third-order valence-electron chi connectivity index (χ3n) is 4.45. The van der Waals surface area contributed by atoms with Gasteiger partial charge in [0.05, 0.1) is 5.69 Å². The fourth-order valence-electron chi connectivity index (χ4n) is 3.01. The van der Waals surface area contributed by atoms with Gasteiger partial charge in [-0.15, -0.1) is 0 Å². The lowest BCUT2D eigenvalue weighted by Crippen LogP contribution is -2.54. The Balaban J connectivity index is 1.91. The molecule has 3 rings (SSSR count). The van der Waals surface area contributed by atoms with E-state index in [9.17, 15) is 14.4 Å². The first kappa shape index (κ1) is 18.4. The highest BCUT2D eigenvalue weighted by molar-refractivity contribution is 6.39. The van der Waals surface area contributed by atoms with Crippen LogP contribution in [-0.2, 0) is 9.59 Å². The van der Waals surface area contributed by atoms with Gasteiger partial charge in [0.15, 0.2) is 0 Å². The number of amides is 4. The second-order valence-electron chi connectivity index (χ2n) is 6.06. The largest absolute Gasteiger partial charge is 0.372 e. The molecule has 6 heteroatoms. The number of hydrogen-bond donors (Lipinski definition) is 1. The van der Waals surface area contributed by atoms with E-state index < -0.39 is 17.8 Å². The van der Waals surface area contributed by atoms with E-state index in [-0.39, 0.29) is 5.57 Å². The molecule has 4 amide bonds. The van der Waals surface area contributed by atoms with E-state index in [1.54, 1.807) is 30.3 Å². The molecule has 6 nitrogen and oxygen atoms in total. The van der Waals surface area contributed by atoms with E-state index in [1.165, 1.54) is 6.08 Å². The third kappa shape index (κ3) is 3.74. The molecule has 0 atom stereocenters. The molecular weight excluding hydrogens is 342 g/mol. The summed E-state index contributed by atoms with van der Waals surface area (Å²) < 4.78 is 0. The highest BCUT2D eigenvalue weighted by Crippen LogP contribution is 2.22. The number of carbonyl (C=O) groups excluding carboxylic acids is 3. The second kappa shape index (κ2) is 7.86. The molecule has 138 valence electrons. The number of carbonyl (C=O) groups is 3. The summed E-state index contributed by atoms with van der Waals surface area (Å²) in [5.41, 5.74) is 2.12. The Morgan fingerprint density at radius 3 is 2.15 bits per heavy atom. The average molecular weight is 363 g/mol. The summed E-state index contributed by atoms with van der Waals surface area (Å²) in [7, 11) is 0. The van der Waals surface area contributed by atoms with Gasteiger partial charge in [-0.25, -0.2) is 9.69 Å². The standard InChI is InChI=1S/C21H21N3O3/c1-3-23(4-2)16-12-10-15(11-13-16)14-18-19(25)22-21(27)24(20(18)26)17-8-6-5-7-9-17/h5-14H,3-4H2,1-2H3,(H,22,25,27)/b18-14+. The van der Waals surface area contributed by atoms with Gasteiger partial charge in [-0.2, -0.15) is 0 Å². The smallest absolute Gasteiger partial charge is 0.335 e. The molecule has 27 heavy (non-hydrogen) atoms. The Morgan fingerprint density at radius 2 is 1.56 bits per heavy atom. The van der Waals surface area contributed by atoms with Gasteiger partial charge in [-0.3, -0.25) is 14.9 Å². The van der Waals surface area contributed by atoms with Crippen molar-refractivity contribution in [3.05, 3.63) is 65.7 Å². The lowest BCUT2D eigenvalue weighted by atomic mass is 10.1. The molecule has 2 aromatic rings. The molecule has 0 aliphatic carbocycles. The first-order valence-corrected chi connectivity index (χ1v) is 8.86. The predicted molar refractivity (Wildman–Crippen MR) is 105 cm³/mol. The van der Waals surface area contributed by atoms with Gasteiger partial charge in [-0.1, -0.05) is 30.3 Å². The van der Waals surface area contributed by atoms with E-state index in [0.29, 0.717) is 11.3 Å². The van der Waals surface area contributed by atoms with Gasteiger partial charge in [0, 0.05) is 18.8 Å². The number of barbiturate groups is 1. The van der Waals surface area contributed by atoms with Crippen molar-refractivity contribution in [1.29, 1.82) is 0 Å². The Bertz CT molecular complexity index is 885. The minimum atomic E-state index is -0.745. The Labute approximate surface area is 158 Å². The summed E-state index contributed by atoms with van der Waals surface area (Å²) in [6.45, 7) is 5.96. The summed E-state index contributed by atoms with van der Waals surface area (Å²) in [5, 5.41) is 2.23. The van der Waals surface area contributed by atoms with E-state index in [1.807, 2.05) is 24.3 Å². The van der Waals surface area contributed by atoms with Gasteiger partial charge in [0.1, 0.15) is 5.57 Å².